The monoisotopic (exact) mass is 1280 g/mol. The lowest BCUT2D eigenvalue weighted by Gasteiger charge is -2.26. The minimum Gasteiger partial charge on any atom is -0.311 e. The van der Waals surface area contributed by atoms with Gasteiger partial charge in [-0.05, 0) is 178 Å². The lowest BCUT2D eigenvalue weighted by Crippen LogP contribution is -2.11. The SMILES string of the molecule is C1=C(c2ccc(-c3ccc(N(c4ccccc4)c4ccc(-c5ccc6c7ccccc7n(-c7ccc(-c8ccc(C9=CCC(c%10ccc(-n%11c%12ccccc%12c%12ccccc%12%11)cc%10)=NC9)cn8)cc7)c6c5)cc4)cc3)nc2)CN=C(c2ccc(N(c3ccccc3)c3ccccc3)cc2)C1. The van der Waals surface area contributed by atoms with Crippen molar-refractivity contribution >= 4 is 100 Å². The third-order valence-corrected chi connectivity index (χ3v) is 19.7. The lowest BCUT2D eigenvalue weighted by atomic mass is 9.98. The molecule has 0 atom stereocenters. The first-order chi connectivity index (χ1) is 49.6. The van der Waals surface area contributed by atoms with Crippen LogP contribution in [0.1, 0.15) is 35.1 Å². The average molecular weight is 1280 g/mol. The smallest absolute Gasteiger partial charge is 0.0702 e. The number of hydrogen-bond donors (Lipinski definition) is 0. The standard InChI is InChI=1S/C92H66N8/c1-4-16-73(17-5-1)97(74-18-6-2-7-19-74)77-45-30-64(31-46-77)85-54-39-69(59-93-85)70-40-55-86(94-60-70)65-32-47-78(48-33-65)98(75-20-8-3-9-21-75)76-43-28-63(29-44-76)68-38-53-84-83-24-12-15-27-91(83)100(92(84)58-68)80-51-36-67(37-52-80)88-57-42-72(62-96-88)71-41-56-87(95-61-71)66-34-49-79(50-35-66)99-89-25-13-10-22-81(89)82-23-11-14-26-90(82)99/h1-53,55,57-58,60,62H,54,56,59,61H2. The van der Waals surface area contributed by atoms with Crippen molar-refractivity contribution in [1.82, 2.24) is 19.1 Å². The second-order valence-electron chi connectivity index (χ2n) is 25.6. The number of aliphatic imine (C=N–C) groups is 2. The van der Waals surface area contributed by atoms with E-state index in [0.717, 1.165) is 137 Å². The van der Waals surface area contributed by atoms with E-state index in [1.165, 1.54) is 43.7 Å². The summed E-state index contributed by atoms with van der Waals surface area (Å²) >= 11 is 0. The van der Waals surface area contributed by atoms with E-state index in [4.69, 9.17) is 20.0 Å². The van der Waals surface area contributed by atoms with E-state index in [0.29, 0.717) is 13.1 Å². The highest BCUT2D eigenvalue weighted by Gasteiger charge is 2.21. The Labute approximate surface area is 581 Å². The van der Waals surface area contributed by atoms with Crippen LogP contribution in [0.4, 0.5) is 34.1 Å². The largest absolute Gasteiger partial charge is 0.311 e. The number of benzene rings is 12. The molecule has 16 aromatic rings. The molecule has 18 rings (SSSR count). The van der Waals surface area contributed by atoms with Crippen molar-refractivity contribution in [3.63, 3.8) is 0 Å². The molecule has 0 amide bonds. The van der Waals surface area contributed by atoms with Gasteiger partial charge in [-0.3, -0.25) is 20.0 Å². The molecule has 0 fully saturated rings. The van der Waals surface area contributed by atoms with E-state index < -0.39 is 0 Å². The maximum atomic E-state index is 5.10. The molecule has 0 unspecified atom stereocenters. The van der Waals surface area contributed by atoms with Crippen LogP contribution in [0.25, 0.3) is 99.8 Å². The molecule has 4 aromatic heterocycles. The maximum Gasteiger partial charge on any atom is 0.0702 e. The summed E-state index contributed by atoms with van der Waals surface area (Å²) in [6.07, 6.45) is 10.1. The molecule has 0 radical (unpaired) electrons. The number of nitrogens with zero attached hydrogens (tertiary/aromatic N) is 8. The Balaban J connectivity index is 0.541. The molecule has 100 heavy (non-hydrogen) atoms. The maximum absolute atomic E-state index is 5.10. The van der Waals surface area contributed by atoms with Gasteiger partial charge < -0.3 is 18.9 Å². The molecule has 12 aromatic carbocycles. The number of dihydropyridines is 2. The van der Waals surface area contributed by atoms with Crippen molar-refractivity contribution in [2.24, 2.45) is 9.98 Å². The summed E-state index contributed by atoms with van der Waals surface area (Å²) in [5.41, 5.74) is 28.9. The summed E-state index contributed by atoms with van der Waals surface area (Å²) in [7, 11) is 0. The fraction of sp³-hybridized carbons (Fsp3) is 0.0435. The predicted molar refractivity (Wildman–Crippen MR) is 417 cm³/mol. The quantitative estimate of drug-likeness (QED) is 0.103. The number of fused-ring (bicyclic) bond motifs is 6. The highest BCUT2D eigenvalue weighted by Crippen LogP contribution is 2.41. The van der Waals surface area contributed by atoms with Gasteiger partial charge in [-0.1, -0.05) is 206 Å². The Morgan fingerprint density at radius 1 is 0.250 bits per heavy atom. The number of aromatic nitrogens is 4. The van der Waals surface area contributed by atoms with E-state index in [-0.39, 0.29) is 0 Å². The van der Waals surface area contributed by atoms with E-state index in [1.807, 2.05) is 12.4 Å². The number of rotatable bonds is 15. The van der Waals surface area contributed by atoms with Gasteiger partial charge in [-0.25, -0.2) is 0 Å². The summed E-state index contributed by atoms with van der Waals surface area (Å²) in [6.45, 7) is 1.23. The Hall–Kier alpha value is -13.0. The summed E-state index contributed by atoms with van der Waals surface area (Å²) in [5.74, 6) is 0. The number of hydrogen-bond acceptors (Lipinski definition) is 6. The van der Waals surface area contributed by atoms with Gasteiger partial charge in [-0.15, -0.1) is 0 Å². The molecule has 8 heteroatoms. The van der Waals surface area contributed by atoms with Gasteiger partial charge in [0.1, 0.15) is 0 Å². The van der Waals surface area contributed by atoms with Crippen LogP contribution >= 0.6 is 0 Å². The van der Waals surface area contributed by atoms with Crippen LogP contribution in [0.15, 0.2) is 362 Å². The third-order valence-electron chi connectivity index (χ3n) is 19.7. The van der Waals surface area contributed by atoms with Gasteiger partial charge in [0, 0.05) is 115 Å². The fourth-order valence-electron chi connectivity index (χ4n) is 14.6. The Morgan fingerprint density at radius 2 is 0.570 bits per heavy atom. The molecule has 2 aliphatic heterocycles. The zero-order chi connectivity index (χ0) is 66.3. The topological polar surface area (TPSA) is 66.8 Å². The van der Waals surface area contributed by atoms with Crippen LogP contribution in [0.5, 0.6) is 0 Å². The van der Waals surface area contributed by atoms with E-state index in [2.05, 4.69) is 359 Å². The zero-order valence-electron chi connectivity index (χ0n) is 54.9. The molecule has 0 spiro atoms. The van der Waals surface area contributed by atoms with Crippen molar-refractivity contribution in [3.8, 4) is 45.0 Å². The predicted octanol–water partition coefficient (Wildman–Crippen LogP) is 23.2. The van der Waals surface area contributed by atoms with Gasteiger partial charge in [0.25, 0.3) is 0 Å². The van der Waals surface area contributed by atoms with Gasteiger partial charge in [-0.2, -0.15) is 0 Å². The average Bonchev–Trinajstić information content (AvgIpc) is 1.59. The Kier molecular flexibility index (Phi) is 15.4. The highest BCUT2D eigenvalue weighted by molar-refractivity contribution is 6.11. The van der Waals surface area contributed by atoms with Gasteiger partial charge >= 0.3 is 0 Å². The van der Waals surface area contributed by atoms with Crippen molar-refractivity contribution in [1.29, 1.82) is 0 Å². The molecule has 0 saturated carbocycles. The molecule has 6 heterocycles. The van der Waals surface area contributed by atoms with Crippen LogP contribution in [-0.4, -0.2) is 43.6 Å². The molecular formula is C92H66N8. The molecule has 0 N–H and O–H groups in total. The van der Waals surface area contributed by atoms with Crippen LogP contribution in [0, 0.1) is 0 Å². The highest BCUT2D eigenvalue weighted by atomic mass is 15.1. The first kappa shape index (κ1) is 59.5. The second-order valence-corrected chi connectivity index (χ2v) is 25.6. The molecule has 474 valence electrons. The van der Waals surface area contributed by atoms with Crippen LogP contribution in [-0.2, 0) is 0 Å². The van der Waals surface area contributed by atoms with E-state index in [9.17, 15) is 0 Å². The minimum atomic E-state index is 0.610. The summed E-state index contributed by atoms with van der Waals surface area (Å²) in [4.78, 5) is 24.8. The number of pyridine rings is 2. The van der Waals surface area contributed by atoms with E-state index >= 15 is 0 Å². The molecule has 0 aliphatic carbocycles. The number of allylic oxidation sites excluding steroid dienone is 2. The van der Waals surface area contributed by atoms with Crippen molar-refractivity contribution < 1.29 is 0 Å². The lowest BCUT2D eigenvalue weighted by molar-refractivity contribution is 1.16. The van der Waals surface area contributed by atoms with Gasteiger partial charge in [0.05, 0.1) is 46.5 Å². The summed E-state index contributed by atoms with van der Waals surface area (Å²) in [6, 6.07) is 117. The van der Waals surface area contributed by atoms with Gasteiger partial charge in [0.15, 0.2) is 0 Å². The molecule has 2 aliphatic rings. The minimum absolute atomic E-state index is 0.610. The zero-order valence-corrected chi connectivity index (χ0v) is 54.9. The summed E-state index contributed by atoms with van der Waals surface area (Å²) in [5, 5.41) is 4.96. The van der Waals surface area contributed by atoms with Gasteiger partial charge in [0.2, 0.25) is 0 Å². The second kappa shape index (κ2) is 25.8. The third kappa shape index (κ3) is 11.2. The normalized spacial score (nSPS) is 13.1. The van der Waals surface area contributed by atoms with Crippen molar-refractivity contribution in [2.75, 3.05) is 22.9 Å². The first-order valence-corrected chi connectivity index (χ1v) is 34.2. The summed E-state index contributed by atoms with van der Waals surface area (Å²) < 4.78 is 4.75. The van der Waals surface area contributed by atoms with Crippen molar-refractivity contribution in [2.45, 2.75) is 12.8 Å². The molecule has 0 bridgehead atoms. The van der Waals surface area contributed by atoms with Crippen LogP contribution in [0.2, 0.25) is 0 Å². The Morgan fingerprint density at radius 3 is 0.960 bits per heavy atom. The number of para-hydroxylation sites is 6. The molecular weight excluding hydrogens is 1220 g/mol. The van der Waals surface area contributed by atoms with E-state index in [1.54, 1.807) is 0 Å². The molecule has 8 nitrogen and oxygen atoms in total. The van der Waals surface area contributed by atoms with Crippen molar-refractivity contribution in [3.05, 3.63) is 374 Å². The molecule has 0 saturated heterocycles. The first-order valence-electron chi connectivity index (χ1n) is 34.2. The van der Waals surface area contributed by atoms with Crippen LogP contribution in [0.3, 0.4) is 0 Å². The van der Waals surface area contributed by atoms with Crippen LogP contribution < -0.4 is 9.80 Å². The number of anilines is 6. The fourth-order valence-corrected chi connectivity index (χ4v) is 14.6. The Bertz CT molecular complexity index is 5720.